The van der Waals surface area contributed by atoms with E-state index in [9.17, 15) is 4.79 Å². The van der Waals surface area contributed by atoms with Crippen LogP contribution in [-0.2, 0) is 6.54 Å². The summed E-state index contributed by atoms with van der Waals surface area (Å²) in [6.45, 7) is 0.560. The summed E-state index contributed by atoms with van der Waals surface area (Å²) in [4.78, 5) is 24.5. The number of carbonyl (C=O) groups is 1. The van der Waals surface area contributed by atoms with Crippen LogP contribution in [0, 0.1) is 0 Å². The van der Waals surface area contributed by atoms with Crippen LogP contribution >= 0.6 is 0 Å². The SMILES string of the molecule is COc1ccc(NC(=O)c2cc(NCc3cccnc3)ncn2)cc1. The normalized spacial score (nSPS) is 10.1. The number of pyridine rings is 1. The standard InChI is InChI=1S/C18H17N5O2/c1-25-15-6-4-14(5-7-15)23-18(24)16-9-17(22-12-21-16)20-11-13-3-2-8-19-10-13/h2-10,12H,11H2,1H3,(H,23,24)(H,20,21,22). The topological polar surface area (TPSA) is 89.0 Å². The van der Waals surface area contributed by atoms with Gasteiger partial charge in [-0.2, -0.15) is 0 Å². The Hall–Kier alpha value is -3.48. The Bertz CT molecular complexity index is 838. The Labute approximate surface area is 145 Å². The van der Waals surface area contributed by atoms with Crippen molar-refractivity contribution in [3.63, 3.8) is 0 Å². The van der Waals surface area contributed by atoms with Gasteiger partial charge in [-0.15, -0.1) is 0 Å². The lowest BCUT2D eigenvalue weighted by Gasteiger charge is -2.08. The van der Waals surface area contributed by atoms with E-state index in [2.05, 4.69) is 25.6 Å². The van der Waals surface area contributed by atoms with Crippen LogP contribution in [0.25, 0.3) is 0 Å². The molecule has 2 N–H and O–H groups in total. The van der Waals surface area contributed by atoms with Crippen molar-refractivity contribution >= 4 is 17.4 Å². The molecule has 25 heavy (non-hydrogen) atoms. The summed E-state index contributed by atoms with van der Waals surface area (Å²) in [5, 5.41) is 5.94. The Morgan fingerprint density at radius 3 is 2.72 bits per heavy atom. The molecule has 3 aromatic rings. The van der Waals surface area contributed by atoms with Gasteiger partial charge in [0.2, 0.25) is 0 Å². The van der Waals surface area contributed by atoms with Crippen molar-refractivity contribution in [3.05, 3.63) is 72.4 Å². The first kappa shape index (κ1) is 16.4. The fourth-order valence-electron chi connectivity index (χ4n) is 2.14. The van der Waals surface area contributed by atoms with Crippen molar-refractivity contribution in [1.29, 1.82) is 0 Å². The molecule has 0 aliphatic rings. The Kier molecular flexibility index (Phi) is 5.16. The second-order valence-electron chi connectivity index (χ2n) is 5.19. The van der Waals surface area contributed by atoms with Gasteiger partial charge in [-0.1, -0.05) is 6.07 Å². The van der Waals surface area contributed by atoms with Crippen LogP contribution in [0.15, 0.2) is 61.2 Å². The minimum absolute atomic E-state index is 0.277. The van der Waals surface area contributed by atoms with Crippen molar-refractivity contribution in [2.45, 2.75) is 6.54 Å². The van der Waals surface area contributed by atoms with Crippen LogP contribution in [0.1, 0.15) is 16.1 Å². The molecule has 2 aromatic heterocycles. The fraction of sp³-hybridized carbons (Fsp3) is 0.111. The van der Waals surface area contributed by atoms with E-state index < -0.39 is 0 Å². The third-order valence-electron chi connectivity index (χ3n) is 3.44. The van der Waals surface area contributed by atoms with Crippen LogP contribution in [0.4, 0.5) is 11.5 Å². The molecule has 7 heteroatoms. The van der Waals surface area contributed by atoms with Gasteiger partial charge < -0.3 is 15.4 Å². The van der Waals surface area contributed by atoms with Gasteiger partial charge in [0.25, 0.3) is 5.91 Å². The number of hydrogen-bond donors (Lipinski definition) is 2. The summed E-state index contributed by atoms with van der Waals surface area (Å²) in [7, 11) is 1.59. The van der Waals surface area contributed by atoms with Crippen LogP contribution in [0.3, 0.4) is 0 Å². The van der Waals surface area contributed by atoms with Gasteiger partial charge in [0.15, 0.2) is 0 Å². The molecule has 126 valence electrons. The third-order valence-corrected chi connectivity index (χ3v) is 3.44. The van der Waals surface area contributed by atoms with Gasteiger partial charge in [-0.3, -0.25) is 9.78 Å². The number of anilines is 2. The number of ether oxygens (including phenoxy) is 1. The predicted octanol–water partition coefficient (Wildman–Crippen LogP) is 2.74. The highest BCUT2D eigenvalue weighted by Gasteiger charge is 2.09. The second kappa shape index (κ2) is 7.87. The van der Waals surface area contributed by atoms with Gasteiger partial charge in [-0.05, 0) is 35.9 Å². The molecule has 0 unspecified atom stereocenters. The minimum atomic E-state index is -0.308. The van der Waals surface area contributed by atoms with Gasteiger partial charge in [-0.25, -0.2) is 9.97 Å². The fourth-order valence-corrected chi connectivity index (χ4v) is 2.14. The minimum Gasteiger partial charge on any atom is -0.497 e. The molecule has 3 rings (SSSR count). The smallest absolute Gasteiger partial charge is 0.274 e. The van der Waals surface area contributed by atoms with E-state index in [1.165, 1.54) is 6.33 Å². The van der Waals surface area contributed by atoms with E-state index >= 15 is 0 Å². The zero-order valence-corrected chi connectivity index (χ0v) is 13.6. The number of hydrogen-bond acceptors (Lipinski definition) is 6. The number of aromatic nitrogens is 3. The number of nitrogens with one attached hydrogen (secondary N) is 2. The molecular weight excluding hydrogens is 318 g/mol. The Balaban J connectivity index is 1.64. The molecule has 0 saturated heterocycles. The molecule has 1 aromatic carbocycles. The monoisotopic (exact) mass is 335 g/mol. The molecule has 0 fully saturated rings. The van der Waals surface area contributed by atoms with E-state index in [0.717, 1.165) is 11.3 Å². The van der Waals surface area contributed by atoms with Crippen molar-refractivity contribution in [2.24, 2.45) is 0 Å². The maximum absolute atomic E-state index is 12.3. The highest BCUT2D eigenvalue weighted by molar-refractivity contribution is 6.03. The molecule has 0 aliphatic heterocycles. The molecular formula is C18H17N5O2. The Morgan fingerprint density at radius 2 is 2.00 bits per heavy atom. The van der Waals surface area contributed by atoms with Crippen LogP contribution in [0.5, 0.6) is 5.75 Å². The number of amides is 1. The highest BCUT2D eigenvalue weighted by atomic mass is 16.5. The zero-order valence-electron chi connectivity index (χ0n) is 13.6. The summed E-state index contributed by atoms with van der Waals surface area (Å²) >= 11 is 0. The molecule has 2 heterocycles. The molecule has 1 amide bonds. The van der Waals surface area contributed by atoms with Crippen LogP contribution in [-0.4, -0.2) is 28.0 Å². The van der Waals surface area contributed by atoms with E-state index in [0.29, 0.717) is 18.1 Å². The summed E-state index contributed by atoms with van der Waals surface area (Å²) < 4.78 is 5.09. The first-order valence-corrected chi connectivity index (χ1v) is 7.65. The van der Waals surface area contributed by atoms with Gasteiger partial charge in [0.1, 0.15) is 23.6 Å². The first-order valence-electron chi connectivity index (χ1n) is 7.65. The number of nitrogens with zero attached hydrogens (tertiary/aromatic N) is 3. The summed E-state index contributed by atoms with van der Waals surface area (Å²) in [5.74, 6) is 0.984. The van der Waals surface area contributed by atoms with E-state index in [1.807, 2.05) is 12.1 Å². The number of methoxy groups -OCH3 is 1. The van der Waals surface area contributed by atoms with Gasteiger partial charge in [0.05, 0.1) is 7.11 Å². The van der Waals surface area contributed by atoms with Gasteiger partial charge in [0, 0.05) is 30.7 Å². The second-order valence-corrected chi connectivity index (χ2v) is 5.19. The van der Waals surface area contributed by atoms with Crippen molar-refractivity contribution in [2.75, 3.05) is 17.7 Å². The van der Waals surface area contributed by atoms with Gasteiger partial charge >= 0.3 is 0 Å². The first-order chi connectivity index (χ1) is 12.2. The average Bonchev–Trinajstić information content (AvgIpc) is 2.68. The Morgan fingerprint density at radius 1 is 1.16 bits per heavy atom. The summed E-state index contributed by atoms with van der Waals surface area (Å²) in [6.07, 6.45) is 4.84. The maximum atomic E-state index is 12.3. The number of carbonyl (C=O) groups excluding carboxylic acids is 1. The van der Waals surface area contributed by atoms with Crippen molar-refractivity contribution < 1.29 is 9.53 Å². The summed E-state index contributed by atoms with van der Waals surface area (Å²) in [6, 6.07) is 12.5. The molecule has 0 bridgehead atoms. The molecule has 0 radical (unpaired) electrons. The summed E-state index contributed by atoms with van der Waals surface area (Å²) in [5.41, 5.74) is 1.96. The lowest BCUT2D eigenvalue weighted by molar-refractivity contribution is 0.102. The lowest BCUT2D eigenvalue weighted by Crippen LogP contribution is -2.14. The molecule has 0 saturated carbocycles. The van der Waals surface area contributed by atoms with Crippen LogP contribution < -0.4 is 15.4 Å². The molecule has 0 aliphatic carbocycles. The molecule has 7 nitrogen and oxygen atoms in total. The van der Waals surface area contributed by atoms with Crippen LogP contribution in [0.2, 0.25) is 0 Å². The third kappa shape index (κ3) is 4.51. The predicted molar refractivity (Wildman–Crippen MR) is 94.5 cm³/mol. The average molecular weight is 335 g/mol. The number of rotatable bonds is 6. The molecule has 0 spiro atoms. The van der Waals surface area contributed by atoms with E-state index in [-0.39, 0.29) is 11.6 Å². The van der Waals surface area contributed by atoms with E-state index in [1.54, 1.807) is 49.8 Å². The lowest BCUT2D eigenvalue weighted by atomic mass is 10.2. The highest BCUT2D eigenvalue weighted by Crippen LogP contribution is 2.16. The quantitative estimate of drug-likeness (QED) is 0.720. The zero-order chi connectivity index (χ0) is 17.5. The largest absolute Gasteiger partial charge is 0.497 e. The maximum Gasteiger partial charge on any atom is 0.274 e. The molecule has 0 atom stereocenters. The van der Waals surface area contributed by atoms with Crippen molar-refractivity contribution in [1.82, 2.24) is 15.0 Å². The van der Waals surface area contributed by atoms with Crippen molar-refractivity contribution in [3.8, 4) is 5.75 Å². The number of benzene rings is 1. The van der Waals surface area contributed by atoms with E-state index in [4.69, 9.17) is 4.74 Å².